The normalized spacial score (nSPS) is 30.5. The van der Waals surface area contributed by atoms with Crippen molar-refractivity contribution in [3.05, 3.63) is 76.9 Å². The molecule has 5 atom stereocenters. The summed E-state index contributed by atoms with van der Waals surface area (Å²) in [5.74, 6) is -6.60. The molecule has 2 aromatic rings. The van der Waals surface area contributed by atoms with Gasteiger partial charge in [0.05, 0.1) is 0 Å². The molecule has 2 fully saturated rings. The first-order valence-electron chi connectivity index (χ1n) is 14.1. The number of rotatable bonds is 4. The van der Waals surface area contributed by atoms with Crippen LogP contribution in [0, 0.1) is 23.2 Å². The predicted molar refractivity (Wildman–Crippen MR) is 148 cm³/mol. The van der Waals surface area contributed by atoms with Gasteiger partial charge in [-0.25, -0.2) is 0 Å². The second kappa shape index (κ2) is 9.85. The third-order valence-corrected chi connectivity index (χ3v) is 11.1. The van der Waals surface area contributed by atoms with Crippen LogP contribution in [0.4, 0.5) is 22.0 Å². The number of fused-ring (bicyclic) bond motifs is 4. The van der Waals surface area contributed by atoms with E-state index in [9.17, 15) is 26.7 Å². The van der Waals surface area contributed by atoms with E-state index in [1.807, 2.05) is 6.26 Å². The van der Waals surface area contributed by atoms with Gasteiger partial charge in [-0.3, -0.25) is 4.79 Å². The molecule has 7 heteroatoms. The van der Waals surface area contributed by atoms with E-state index < -0.39 is 23.4 Å². The van der Waals surface area contributed by atoms with E-state index in [0.717, 1.165) is 27.8 Å². The minimum absolute atomic E-state index is 0.00939. The van der Waals surface area contributed by atoms with E-state index in [0.29, 0.717) is 38.5 Å². The Morgan fingerprint density at radius 2 is 1.52 bits per heavy atom. The Morgan fingerprint density at radius 1 is 0.875 bits per heavy atom. The molecule has 0 aliphatic heterocycles. The summed E-state index contributed by atoms with van der Waals surface area (Å²) in [5.41, 5.74) is 5.58. The van der Waals surface area contributed by atoms with Gasteiger partial charge in [-0.05, 0) is 108 Å². The first-order chi connectivity index (χ1) is 18.9. The Balaban J connectivity index is 1.34. The van der Waals surface area contributed by atoms with Crippen LogP contribution in [-0.2, 0) is 4.79 Å². The van der Waals surface area contributed by atoms with Gasteiger partial charge in [-0.1, -0.05) is 48.9 Å². The number of allylic oxidation sites excluding steroid dienone is 4. The first-order valence-corrected chi connectivity index (χ1v) is 15.3. The second-order valence-corrected chi connectivity index (χ2v) is 13.1. The SMILES string of the molecule is CSc1ccc(-c2ccc(C3CC(=O)C=C4CC[C@@H]5C(=C43)CC[C@]3(C)C(C(F)(F)C(F)(F)F)CC[C@@H]53)cc2)cc1. The average molecular weight is 573 g/mol. The zero-order valence-corrected chi connectivity index (χ0v) is 23.5. The van der Waals surface area contributed by atoms with Crippen LogP contribution >= 0.6 is 11.8 Å². The number of hydrogen-bond acceptors (Lipinski definition) is 2. The molecule has 4 aliphatic carbocycles. The highest BCUT2D eigenvalue weighted by Gasteiger charge is 2.70. The number of carbonyl (C=O) groups excluding carboxylic acids is 1. The Labute approximate surface area is 236 Å². The fourth-order valence-electron chi connectivity index (χ4n) is 8.40. The minimum atomic E-state index is -5.53. The van der Waals surface area contributed by atoms with Gasteiger partial charge >= 0.3 is 12.1 Å². The molecule has 1 nitrogen and oxygen atoms in total. The summed E-state index contributed by atoms with van der Waals surface area (Å²) in [6, 6.07) is 16.7. The van der Waals surface area contributed by atoms with Crippen LogP contribution < -0.4 is 0 Å². The number of thioether (sulfide) groups is 1. The van der Waals surface area contributed by atoms with Gasteiger partial charge in [0.2, 0.25) is 0 Å². The molecular weight excluding hydrogens is 539 g/mol. The van der Waals surface area contributed by atoms with Crippen molar-refractivity contribution in [2.24, 2.45) is 23.2 Å². The lowest BCUT2D eigenvalue weighted by Gasteiger charge is -2.51. The quantitative estimate of drug-likeness (QED) is 0.268. The Hall–Kier alpha value is -2.41. The molecule has 40 heavy (non-hydrogen) atoms. The molecule has 0 aromatic heterocycles. The Bertz CT molecular complexity index is 1370. The first kappa shape index (κ1) is 27.7. The summed E-state index contributed by atoms with van der Waals surface area (Å²) in [6.45, 7) is 1.67. The molecule has 0 radical (unpaired) electrons. The average Bonchev–Trinajstić information content (AvgIpc) is 3.30. The predicted octanol–water partition coefficient (Wildman–Crippen LogP) is 9.79. The van der Waals surface area contributed by atoms with E-state index in [2.05, 4.69) is 48.5 Å². The highest BCUT2D eigenvalue weighted by Crippen LogP contribution is 2.67. The summed E-state index contributed by atoms with van der Waals surface area (Å²) in [5, 5.41) is 0. The largest absolute Gasteiger partial charge is 0.453 e. The topological polar surface area (TPSA) is 17.1 Å². The van der Waals surface area contributed by atoms with Crippen LogP contribution in [0.2, 0.25) is 0 Å². The second-order valence-electron chi connectivity index (χ2n) is 12.2. The lowest BCUT2D eigenvalue weighted by Crippen LogP contribution is -2.51. The van der Waals surface area contributed by atoms with Crippen LogP contribution in [0.25, 0.3) is 11.1 Å². The van der Waals surface area contributed by atoms with E-state index in [1.54, 1.807) is 24.8 Å². The molecule has 0 saturated heterocycles. The van der Waals surface area contributed by atoms with Crippen LogP contribution in [0.1, 0.15) is 63.4 Å². The van der Waals surface area contributed by atoms with Gasteiger partial charge < -0.3 is 0 Å². The Kier molecular flexibility index (Phi) is 6.83. The lowest BCUT2D eigenvalue weighted by molar-refractivity contribution is -0.314. The monoisotopic (exact) mass is 572 g/mol. The molecule has 0 spiro atoms. The molecular formula is C33H33F5OS. The number of alkyl halides is 5. The van der Waals surface area contributed by atoms with E-state index in [4.69, 9.17) is 0 Å². The standard InChI is InChI=1S/C33H33F5OS/c1-31-16-15-26-25(28(31)13-14-29(31)32(34,35)33(36,37)38)12-9-22-17-23(39)18-27(30(22)26)21-5-3-19(4-6-21)20-7-10-24(40-2)11-8-20/h3-8,10-11,17,25,27-29H,9,12-16,18H2,1-2H3/t25-,27?,28+,29?,31+/m1/s1. The van der Waals surface area contributed by atoms with Crippen LogP contribution in [0.5, 0.6) is 0 Å². The summed E-state index contributed by atoms with van der Waals surface area (Å²) in [6.07, 6.45) is 1.11. The highest BCUT2D eigenvalue weighted by atomic mass is 32.2. The summed E-state index contributed by atoms with van der Waals surface area (Å²) in [4.78, 5) is 14.0. The fraction of sp³-hybridized carbons (Fsp3) is 0.485. The van der Waals surface area contributed by atoms with Gasteiger partial charge in [0.25, 0.3) is 0 Å². The molecule has 0 N–H and O–H groups in total. The maximum absolute atomic E-state index is 14.7. The van der Waals surface area contributed by atoms with E-state index >= 15 is 0 Å². The van der Waals surface area contributed by atoms with Gasteiger partial charge in [0, 0.05) is 23.2 Å². The van der Waals surface area contributed by atoms with Gasteiger partial charge in [0.1, 0.15) is 0 Å². The number of halogens is 5. The summed E-state index contributed by atoms with van der Waals surface area (Å²) < 4.78 is 69.6. The number of hydrogen-bond donors (Lipinski definition) is 0. The molecule has 0 heterocycles. The lowest BCUT2D eigenvalue weighted by atomic mass is 9.54. The summed E-state index contributed by atoms with van der Waals surface area (Å²) in [7, 11) is 0. The maximum atomic E-state index is 14.7. The molecule has 0 amide bonds. The number of ketones is 1. The zero-order valence-electron chi connectivity index (χ0n) is 22.7. The van der Waals surface area contributed by atoms with Crippen molar-refractivity contribution < 1.29 is 26.7 Å². The molecule has 2 aromatic carbocycles. The highest BCUT2D eigenvalue weighted by molar-refractivity contribution is 7.98. The van der Waals surface area contributed by atoms with Crippen molar-refractivity contribution in [3.8, 4) is 11.1 Å². The Morgan fingerprint density at radius 3 is 2.15 bits per heavy atom. The molecule has 4 aliphatic rings. The fourth-order valence-corrected chi connectivity index (χ4v) is 8.81. The van der Waals surface area contributed by atoms with Crippen molar-refractivity contribution in [1.29, 1.82) is 0 Å². The molecule has 2 saturated carbocycles. The molecule has 212 valence electrons. The van der Waals surface area contributed by atoms with Crippen molar-refractivity contribution in [2.75, 3.05) is 6.26 Å². The van der Waals surface area contributed by atoms with Crippen molar-refractivity contribution in [1.82, 2.24) is 0 Å². The number of benzene rings is 2. The van der Waals surface area contributed by atoms with E-state index in [1.165, 1.54) is 10.5 Å². The minimum Gasteiger partial charge on any atom is -0.295 e. The molecule has 6 rings (SSSR count). The molecule has 2 unspecified atom stereocenters. The van der Waals surface area contributed by atoms with Gasteiger partial charge in [-0.15, -0.1) is 11.8 Å². The number of carbonyl (C=O) groups is 1. The van der Waals surface area contributed by atoms with Crippen LogP contribution in [0.15, 0.2) is 76.2 Å². The third kappa shape index (κ3) is 4.38. The van der Waals surface area contributed by atoms with E-state index in [-0.39, 0.29) is 30.0 Å². The van der Waals surface area contributed by atoms with Crippen molar-refractivity contribution >= 4 is 17.5 Å². The van der Waals surface area contributed by atoms with Gasteiger partial charge in [-0.2, -0.15) is 22.0 Å². The maximum Gasteiger partial charge on any atom is 0.453 e. The van der Waals surface area contributed by atoms with Crippen LogP contribution in [-0.4, -0.2) is 24.1 Å². The smallest absolute Gasteiger partial charge is 0.295 e. The van der Waals surface area contributed by atoms with Gasteiger partial charge in [0.15, 0.2) is 5.78 Å². The van der Waals surface area contributed by atoms with Crippen LogP contribution in [0.3, 0.4) is 0 Å². The zero-order chi connectivity index (χ0) is 28.4. The van der Waals surface area contributed by atoms with Crippen molar-refractivity contribution in [2.45, 2.75) is 74.8 Å². The molecule has 0 bridgehead atoms. The third-order valence-electron chi connectivity index (χ3n) is 10.3. The van der Waals surface area contributed by atoms with Crippen molar-refractivity contribution in [3.63, 3.8) is 0 Å². The summed E-state index contributed by atoms with van der Waals surface area (Å²) >= 11 is 1.69.